The standard InChI is InChI=1S/C45H34N4/c46-42-36(29-14-2-1-3-15-29)40-41(45(49)39(44(40)48)35-24-23-28-13-7-9-19-33(28)35)37(31-22-21-26-11-4-5-16-30(26)25-31)43(47)38(42)34-20-10-17-27-12-6-8-18-32(27)34/h1-25,35H,46-49H2. The van der Waals surface area contributed by atoms with Crippen LogP contribution in [0.3, 0.4) is 0 Å². The third kappa shape index (κ3) is 4.31. The van der Waals surface area contributed by atoms with E-state index in [0.717, 1.165) is 77.2 Å². The normalized spacial score (nSPS) is 13.8. The zero-order valence-corrected chi connectivity index (χ0v) is 26.8. The van der Waals surface area contributed by atoms with Gasteiger partial charge in [0, 0.05) is 50.7 Å². The Hall–Kier alpha value is -6.52. The minimum atomic E-state index is -0.109. The number of benzene rings is 6. The van der Waals surface area contributed by atoms with Gasteiger partial charge in [-0.1, -0.05) is 146 Å². The summed E-state index contributed by atoms with van der Waals surface area (Å²) in [5.74, 6) is -0.109. The molecule has 0 saturated carbocycles. The van der Waals surface area contributed by atoms with Crippen molar-refractivity contribution >= 4 is 50.4 Å². The quantitative estimate of drug-likeness (QED) is 0.155. The molecule has 3 aliphatic carbocycles. The van der Waals surface area contributed by atoms with Gasteiger partial charge in [-0.2, -0.15) is 0 Å². The van der Waals surface area contributed by atoms with Crippen LogP contribution in [0.25, 0.3) is 72.1 Å². The number of hydrogen-bond donors (Lipinski definition) is 4. The molecule has 0 heterocycles. The summed E-state index contributed by atoms with van der Waals surface area (Å²) in [7, 11) is 0. The first-order valence-corrected chi connectivity index (χ1v) is 16.6. The number of allylic oxidation sites excluding steroid dienone is 1. The lowest BCUT2D eigenvalue weighted by Crippen LogP contribution is -2.02. The van der Waals surface area contributed by atoms with Crippen molar-refractivity contribution in [1.29, 1.82) is 0 Å². The fourth-order valence-electron chi connectivity index (χ4n) is 7.99. The molecule has 0 amide bonds. The lowest BCUT2D eigenvalue weighted by atomic mass is 9.91. The second-order valence-electron chi connectivity index (χ2n) is 12.9. The SMILES string of the molecule is Nc1c(-c2cccc3ccccc23)c(N)c(-c2ccc3ccccc3c2)c2c(N)c(C3C=Cc4ccccc43)c(N)c-2c1-c1ccccc1. The molecule has 0 bridgehead atoms. The number of fused-ring (bicyclic) bond motifs is 4. The molecule has 0 aliphatic heterocycles. The average Bonchev–Trinajstić information content (AvgIpc) is 3.63. The Morgan fingerprint density at radius 1 is 0.408 bits per heavy atom. The van der Waals surface area contributed by atoms with Crippen LogP contribution in [0, 0.1) is 0 Å². The van der Waals surface area contributed by atoms with Gasteiger partial charge in [0.05, 0.1) is 11.4 Å². The second kappa shape index (κ2) is 11.0. The van der Waals surface area contributed by atoms with Crippen molar-refractivity contribution in [2.75, 3.05) is 22.9 Å². The third-order valence-corrected chi connectivity index (χ3v) is 10.2. The summed E-state index contributed by atoms with van der Waals surface area (Å²) in [5, 5.41) is 4.41. The fourth-order valence-corrected chi connectivity index (χ4v) is 7.99. The zero-order valence-electron chi connectivity index (χ0n) is 26.8. The van der Waals surface area contributed by atoms with Crippen molar-refractivity contribution in [2.24, 2.45) is 0 Å². The van der Waals surface area contributed by atoms with Crippen LogP contribution in [-0.4, -0.2) is 0 Å². The predicted molar refractivity (Wildman–Crippen MR) is 209 cm³/mol. The van der Waals surface area contributed by atoms with Gasteiger partial charge in [-0.25, -0.2) is 0 Å². The summed E-state index contributed by atoms with van der Waals surface area (Å²) < 4.78 is 0. The van der Waals surface area contributed by atoms with Crippen LogP contribution in [0.4, 0.5) is 22.7 Å². The summed E-state index contributed by atoms with van der Waals surface area (Å²) in [6.07, 6.45) is 4.35. The van der Waals surface area contributed by atoms with E-state index in [4.69, 9.17) is 22.9 Å². The van der Waals surface area contributed by atoms with Gasteiger partial charge >= 0.3 is 0 Å². The van der Waals surface area contributed by atoms with Gasteiger partial charge < -0.3 is 22.9 Å². The Morgan fingerprint density at radius 2 is 1.02 bits per heavy atom. The molecule has 1 unspecified atom stereocenters. The lowest BCUT2D eigenvalue weighted by Gasteiger charge is -2.16. The average molecular weight is 631 g/mol. The summed E-state index contributed by atoms with van der Waals surface area (Å²) in [6.45, 7) is 0. The molecule has 0 saturated heterocycles. The molecule has 234 valence electrons. The monoisotopic (exact) mass is 630 g/mol. The van der Waals surface area contributed by atoms with Crippen molar-refractivity contribution in [3.05, 3.63) is 162 Å². The highest BCUT2D eigenvalue weighted by Gasteiger charge is 2.35. The molecular formula is C45H34N4. The maximum absolute atomic E-state index is 7.54. The molecule has 4 nitrogen and oxygen atoms in total. The molecule has 0 fully saturated rings. The highest BCUT2D eigenvalue weighted by atomic mass is 14.7. The Morgan fingerprint density at radius 3 is 1.80 bits per heavy atom. The third-order valence-electron chi connectivity index (χ3n) is 10.2. The van der Waals surface area contributed by atoms with E-state index < -0.39 is 0 Å². The van der Waals surface area contributed by atoms with Crippen LogP contribution in [0.5, 0.6) is 0 Å². The van der Waals surface area contributed by atoms with Crippen LogP contribution < -0.4 is 22.9 Å². The summed E-state index contributed by atoms with van der Waals surface area (Å²) in [4.78, 5) is 0. The summed E-state index contributed by atoms with van der Waals surface area (Å²) in [5.41, 5.74) is 42.3. The number of nitrogen functional groups attached to an aromatic ring is 4. The molecule has 0 aromatic heterocycles. The van der Waals surface area contributed by atoms with Gasteiger partial charge in [0.15, 0.2) is 0 Å². The molecule has 3 aliphatic rings. The van der Waals surface area contributed by atoms with E-state index >= 15 is 0 Å². The van der Waals surface area contributed by atoms with Gasteiger partial charge in [0.2, 0.25) is 0 Å². The van der Waals surface area contributed by atoms with E-state index in [1.54, 1.807) is 0 Å². The highest BCUT2D eigenvalue weighted by molar-refractivity contribution is 6.19. The molecule has 6 aromatic rings. The Bertz CT molecular complexity index is 2590. The molecule has 0 spiro atoms. The summed E-state index contributed by atoms with van der Waals surface area (Å²) in [6, 6.07) is 48.1. The van der Waals surface area contributed by atoms with Gasteiger partial charge in [0.25, 0.3) is 0 Å². The number of nitrogens with two attached hydrogens (primary N) is 4. The Labute approximate surface area is 285 Å². The van der Waals surface area contributed by atoms with Crippen LogP contribution >= 0.6 is 0 Å². The van der Waals surface area contributed by atoms with Gasteiger partial charge in [-0.15, -0.1) is 0 Å². The van der Waals surface area contributed by atoms with Crippen LogP contribution in [0.15, 0.2) is 146 Å². The molecule has 49 heavy (non-hydrogen) atoms. The van der Waals surface area contributed by atoms with E-state index in [2.05, 4.69) is 127 Å². The predicted octanol–water partition coefficient (Wildman–Crippen LogP) is 10.6. The molecular weight excluding hydrogens is 597 g/mol. The second-order valence-corrected chi connectivity index (χ2v) is 12.9. The minimum Gasteiger partial charge on any atom is -0.398 e. The van der Waals surface area contributed by atoms with E-state index in [0.29, 0.717) is 22.7 Å². The number of hydrogen-bond acceptors (Lipinski definition) is 4. The highest BCUT2D eigenvalue weighted by Crippen LogP contribution is 2.59. The summed E-state index contributed by atoms with van der Waals surface area (Å²) >= 11 is 0. The topological polar surface area (TPSA) is 104 Å². The van der Waals surface area contributed by atoms with Crippen LogP contribution in [-0.2, 0) is 0 Å². The van der Waals surface area contributed by atoms with Crippen molar-refractivity contribution in [3.8, 4) is 44.5 Å². The first kappa shape index (κ1) is 28.7. The number of rotatable bonds is 4. The van der Waals surface area contributed by atoms with Gasteiger partial charge in [0.1, 0.15) is 0 Å². The van der Waals surface area contributed by atoms with E-state index in [-0.39, 0.29) is 5.92 Å². The van der Waals surface area contributed by atoms with Crippen LogP contribution in [0.1, 0.15) is 22.6 Å². The molecule has 9 rings (SSSR count). The maximum Gasteiger partial charge on any atom is 0.0501 e. The molecule has 8 N–H and O–H groups in total. The Kier molecular flexibility index (Phi) is 6.46. The first-order chi connectivity index (χ1) is 24.0. The zero-order chi connectivity index (χ0) is 33.2. The minimum absolute atomic E-state index is 0.109. The van der Waals surface area contributed by atoms with Crippen molar-refractivity contribution in [2.45, 2.75) is 5.92 Å². The van der Waals surface area contributed by atoms with E-state index in [9.17, 15) is 0 Å². The number of anilines is 4. The van der Waals surface area contributed by atoms with Gasteiger partial charge in [-0.3, -0.25) is 0 Å². The fraction of sp³-hybridized carbons (Fsp3) is 0.0222. The van der Waals surface area contributed by atoms with E-state index in [1.165, 1.54) is 5.56 Å². The van der Waals surface area contributed by atoms with E-state index in [1.807, 2.05) is 24.3 Å². The molecule has 4 heteroatoms. The molecule has 1 atom stereocenters. The smallest absolute Gasteiger partial charge is 0.0501 e. The maximum atomic E-state index is 7.54. The Balaban J connectivity index is 1.49. The van der Waals surface area contributed by atoms with Crippen molar-refractivity contribution in [3.63, 3.8) is 0 Å². The largest absolute Gasteiger partial charge is 0.398 e. The molecule has 0 radical (unpaired) electrons. The first-order valence-electron chi connectivity index (χ1n) is 16.6. The molecule has 6 aromatic carbocycles. The van der Waals surface area contributed by atoms with Crippen LogP contribution in [0.2, 0.25) is 0 Å². The lowest BCUT2D eigenvalue weighted by molar-refractivity contribution is 1.07. The van der Waals surface area contributed by atoms with Crippen molar-refractivity contribution < 1.29 is 0 Å². The van der Waals surface area contributed by atoms with Gasteiger partial charge in [-0.05, 0) is 55.4 Å². The van der Waals surface area contributed by atoms with Crippen molar-refractivity contribution in [1.82, 2.24) is 0 Å².